The molecule has 5 rings (SSSR count). The summed E-state index contributed by atoms with van der Waals surface area (Å²) in [5.41, 5.74) is 2.31. The molecular weight excluding hydrogens is 570 g/mol. The number of aromatic nitrogens is 1. The topological polar surface area (TPSA) is 106 Å². The summed E-state index contributed by atoms with van der Waals surface area (Å²) in [4.78, 5) is 31.4. The average Bonchev–Trinajstić information content (AvgIpc) is 2.97. The Morgan fingerprint density at radius 1 is 1.10 bits per heavy atom. The molecule has 2 N–H and O–H groups in total. The first-order valence-electron chi connectivity index (χ1n) is 12.7. The Labute approximate surface area is 243 Å². The van der Waals surface area contributed by atoms with Crippen LogP contribution < -0.4 is 10.2 Å². The zero-order valence-electron chi connectivity index (χ0n) is 21.5. The van der Waals surface area contributed by atoms with Crippen LogP contribution in [0.3, 0.4) is 0 Å². The lowest BCUT2D eigenvalue weighted by Crippen LogP contribution is -2.43. The van der Waals surface area contributed by atoms with Crippen LogP contribution in [0.2, 0.25) is 5.02 Å². The van der Waals surface area contributed by atoms with E-state index in [-0.39, 0.29) is 6.42 Å². The van der Waals surface area contributed by atoms with Crippen molar-refractivity contribution in [3.05, 3.63) is 94.1 Å². The Kier molecular flexibility index (Phi) is 8.38. The number of anilines is 1. The summed E-state index contributed by atoms with van der Waals surface area (Å²) in [7, 11) is 0. The molecule has 41 heavy (non-hydrogen) atoms. The Balaban J connectivity index is 1.43. The van der Waals surface area contributed by atoms with Gasteiger partial charge in [-0.2, -0.15) is 17.0 Å². The van der Waals surface area contributed by atoms with Crippen molar-refractivity contribution in [1.29, 1.82) is 5.26 Å². The number of amides is 1. The number of hydrogen-bond acceptors (Lipinski definition) is 6. The summed E-state index contributed by atoms with van der Waals surface area (Å²) in [6.45, 7) is 1.27. The van der Waals surface area contributed by atoms with Gasteiger partial charge in [-0.1, -0.05) is 35.9 Å². The molecule has 1 unspecified atom stereocenters. The minimum atomic E-state index is -1.48. The Morgan fingerprint density at radius 3 is 2.46 bits per heavy atom. The van der Waals surface area contributed by atoms with Crippen LogP contribution in [0.5, 0.6) is 0 Å². The second-order valence-corrected chi connectivity index (χ2v) is 11.1. The standard InChI is InChI=1S/C30H23ClF2N4O3S/c31-23-12-17(16-34)3-5-21(23)22-6-4-18(20-2-1-7-35-28(20)22)13-26(30(39)40)36-29(38)27-24(32)14-19(15-25(27)33)37-8-10-41-11-9-37/h1-7,12,14-15,26H,8-11,13H2,(H,36,38)(H,39,40). The van der Waals surface area contributed by atoms with Crippen LogP contribution >= 0.6 is 23.4 Å². The number of carboxylic acid groups (broad SMARTS) is 1. The molecule has 4 aromatic rings. The number of pyridine rings is 1. The first kappa shape index (κ1) is 28.3. The Bertz CT molecular complexity index is 1680. The van der Waals surface area contributed by atoms with E-state index in [0.29, 0.717) is 57.0 Å². The van der Waals surface area contributed by atoms with Gasteiger partial charge in [0.25, 0.3) is 5.91 Å². The highest BCUT2D eigenvalue weighted by Gasteiger charge is 2.27. The maximum atomic E-state index is 15.0. The third-order valence-corrected chi connectivity index (χ3v) is 8.16. The number of aliphatic carboxylic acids is 1. The van der Waals surface area contributed by atoms with E-state index in [1.165, 1.54) is 0 Å². The molecule has 1 atom stereocenters. The fourth-order valence-corrected chi connectivity index (χ4v) is 6.05. The van der Waals surface area contributed by atoms with Crippen molar-refractivity contribution in [3.8, 4) is 17.2 Å². The molecule has 1 saturated heterocycles. The number of nitriles is 1. The monoisotopic (exact) mass is 592 g/mol. The minimum Gasteiger partial charge on any atom is -0.480 e. The zero-order chi connectivity index (χ0) is 29.1. The number of carbonyl (C=O) groups is 2. The third kappa shape index (κ3) is 5.97. The second-order valence-electron chi connectivity index (χ2n) is 9.43. The largest absolute Gasteiger partial charge is 0.480 e. The van der Waals surface area contributed by atoms with Gasteiger partial charge in [0.1, 0.15) is 23.2 Å². The van der Waals surface area contributed by atoms with E-state index < -0.39 is 35.1 Å². The number of thioether (sulfide) groups is 1. The highest BCUT2D eigenvalue weighted by molar-refractivity contribution is 7.99. The van der Waals surface area contributed by atoms with Gasteiger partial charge in [0.2, 0.25) is 0 Å². The number of halogens is 3. The lowest BCUT2D eigenvalue weighted by atomic mass is 9.94. The van der Waals surface area contributed by atoms with E-state index in [2.05, 4.69) is 10.3 Å². The average molecular weight is 593 g/mol. The predicted molar refractivity (Wildman–Crippen MR) is 155 cm³/mol. The highest BCUT2D eigenvalue weighted by atomic mass is 35.5. The number of rotatable bonds is 7. The summed E-state index contributed by atoms with van der Waals surface area (Å²) in [5.74, 6) is -2.97. The van der Waals surface area contributed by atoms with E-state index in [1.807, 2.05) is 11.0 Å². The van der Waals surface area contributed by atoms with Crippen LogP contribution in [0, 0.1) is 23.0 Å². The van der Waals surface area contributed by atoms with Crippen LogP contribution in [0.15, 0.2) is 60.8 Å². The molecule has 1 amide bonds. The van der Waals surface area contributed by atoms with Crippen LogP contribution in [-0.4, -0.2) is 52.6 Å². The lowest BCUT2D eigenvalue weighted by Gasteiger charge is -2.28. The minimum absolute atomic E-state index is 0.169. The van der Waals surface area contributed by atoms with E-state index in [4.69, 9.17) is 16.9 Å². The molecular formula is C30H23ClF2N4O3S. The molecule has 0 bridgehead atoms. The molecule has 1 aliphatic heterocycles. The van der Waals surface area contributed by atoms with Crippen molar-refractivity contribution in [1.82, 2.24) is 10.3 Å². The number of benzene rings is 3. The maximum absolute atomic E-state index is 15.0. The molecule has 1 aromatic heterocycles. The molecule has 11 heteroatoms. The fourth-order valence-electron chi connectivity index (χ4n) is 4.86. The summed E-state index contributed by atoms with van der Waals surface area (Å²) < 4.78 is 29.9. The summed E-state index contributed by atoms with van der Waals surface area (Å²) in [6, 6.07) is 14.5. The van der Waals surface area contributed by atoms with Crippen molar-refractivity contribution >= 4 is 51.8 Å². The first-order chi connectivity index (χ1) is 19.8. The van der Waals surface area contributed by atoms with Gasteiger partial charge in [-0.25, -0.2) is 13.6 Å². The predicted octanol–water partition coefficient (Wildman–Crippen LogP) is 5.68. The van der Waals surface area contributed by atoms with Gasteiger partial charge in [-0.15, -0.1) is 0 Å². The molecule has 7 nitrogen and oxygen atoms in total. The van der Waals surface area contributed by atoms with Crippen LogP contribution in [0.4, 0.5) is 14.5 Å². The Hall–Kier alpha value is -4.20. The molecule has 0 saturated carbocycles. The van der Waals surface area contributed by atoms with Crippen LogP contribution in [-0.2, 0) is 11.2 Å². The van der Waals surface area contributed by atoms with Crippen LogP contribution in [0.25, 0.3) is 22.0 Å². The number of fused-ring (bicyclic) bond motifs is 1. The lowest BCUT2D eigenvalue weighted by molar-refractivity contribution is -0.139. The molecule has 2 heterocycles. The zero-order valence-corrected chi connectivity index (χ0v) is 23.1. The quantitative estimate of drug-likeness (QED) is 0.284. The van der Waals surface area contributed by atoms with Gasteiger partial charge >= 0.3 is 5.97 Å². The van der Waals surface area contributed by atoms with E-state index in [1.54, 1.807) is 60.4 Å². The smallest absolute Gasteiger partial charge is 0.326 e. The number of carboxylic acids is 1. The number of nitrogens with zero attached hydrogens (tertiary/aromatic N) is 3. The van der Waals surface area contributed by atoms with Gasteiger partial charge in [0, 0.05) is 64.4 Å². The van der Waals surface area contributed by atoms with E-state index in [0.717, 1.165) is 23.6 Å². The molecule has 3 aromatic carbocycles. The van der Waals surface area contributed by atoms with Crippen molar-refractivity contribution in [2.24, 2.45) is 0 Å². The third-order valence-electron chi connectivity index (χ3n) is 6.91. The SMILES string of the molecule is N#Cc1ccc(-c2ccc(CC(NC(=O)c3c(F)cc(N4CCSCC4)cc3F)C(=O)O)c3cccnc23)c(Cl)c1. The van der Waals surface area contributed by atoms with Crippen molar-refractivity contribution in [2.45, 2.75) is 12.5 Å². The fraction of sp³-hybridized carbons (Fsp3) is 0.200. The molecule has 0 aliphatic carbocycles. The number of nitrogens with one attached hydrogen (secondary N) is 1. The normalized spacial score (nSPS) is 14.0. The highest BCUT2D eigenvalue weighted by Crippen LogP contribution is 2.35. The summed E-state index contributed by atoms with van der Waals surface area (Å²) in [6.07, 6.45) is 1.42. The van der Waals surface area contributed by atoms with Gasteiger partial charge in [0.05, 0.1) is 17.1 Å². The van der Waals surface area contributed by atoms with Gasteiger partial charge in [0.15, 0.2) is 0 Å². The summed E-state index contributed by atoms with van der Waals surface area (Å²) in [5, 5.41) is 22.3. The Morgan fingerprint density at radius 2 is 1.80 bits per heavy atom. The first-order valence-corrected chi connectivity index (χ1v) is 14.2. The molecule has 0 spiro atoms. The van der Waals surface area contributed by atoms with Crippen molar-refractivity contribution < 1.29 is 23.5 Å². The van der Waals surface area contributed by atoms with Gasteiger partial charge in [-0.3, -0.25) is 9.78 Å². The molecule has 208 valence electrons. The second kappa shape index (κ2) is 12.1. The van der Waals surface area contributed by atoms with Crippen molar-refractivity contribution in [3.63, 3.8) is 0 Å². The molecule has 1 fully saturated rings. The summed E-state index contributed by atoms with van der Waals surface area (Å²) >= 11 is 8.19. The molecule has 0 radical (unpaired) electrons. The maximum Gasteiger partial charge on any atom is 0.326 e. The van der Waals surface area contributed by atoms with E-state index >= 15 is 0 Å². The van der Waals surface area contributed by atoms with Crippen molar-refractivity contribution in [2.75, 3.05) is 29.5 Å². The molecule has 1 aliphatic rings. The number of hydrogen-bond donors (Lipinski definition) is 2. The number of carbonyl (C=O) groups excluding carboxylic acids is 1. The van der Waals surface area contributed by atoms with Gasteiger partial charge < -0.3 is 15.3 Å². The van der Waals surface area contributed by atoms with Crippen LogP contribution in [0.1, 0.15) is 21.5 Å². The van der Waals surface area contributed by atoms with Gasteiger partial charge in [-0.05, 0) is 35.9 Å². The van der Waals surface area contributed by atoms with E-state index in [9.17, 15) is 23.5 Å².